The molecule has 0 radical (unpaired) electrons. The molecule has 1 aromatic carbocycles. The first-order valence-corrected chi connectivity index (χ1v) is 9.61. The molecule has 1 unspecified atom stereocenters. The van der Waals surface area contributed by atoms with E-state index in [1.54, 1.807) is 18.9 Å². The topological polar surface area (TPSA) is 68.1 Å². The standard InChI is InChI=1S/C20H21N5OS/c1-12-9-13(2)25-18(10-12)23-20(24-25)27-14(3)19-21-11-17(22-19)15-5-7-16(26-4)8-6-15/h5-11,14H,1-4H3,(H,21,22). The Kier molecular flexibility index (Phi) is 4.61. The molecule has 0 aliphatic heterocycles. The highest BCUT2D eigenvalue weighted by atomic mass is 32.2. The normalized spacial score (nSPS) is 12.4. The Morgan fingerprint density at radius 2 is 1.93 bits per heavy atom. The fraction of sp³-hybridized carbons (Fsp3) is 0.250. The smallest absolute Gasteiger partial charge is 0.210 e. The Balaban J connectivity index is 1.54. The molecule has 0 bridgehead atoms. The number of nitrogens with one attached hydrogen (secondary N) is 1. The Morgan fingerprint density at radius 1 is 1.15 bits per heavy atom. The molecule has 6 nitrogen and oxygen atoms in total. The third-order valence-corrected chi connectivity index (χ3v) is 5.36. The first-order valence-electron chi connectivity index (χ1n) is 8.73. The molecular formula is C20H21N5OS. The summed E-state index contributed by atoms with van der Waals surface area (Å²) in [6, 6.07) is 12.1. The minimum atomic E-state index is 0.107. The van der Waals surface area contributed by atoms with E-state index in [4.69, 9.17) is 4.74 Å². The quantitative estimate of drug-likeness (QED) is 0.513. The lowest BCUT2D eigenvalue weighted by Crippen LogP contribution is -1.95. The van der Waals surface area contributed by atoms with Gasteiger partial charge in [0.1, 0.15) is 11.6 Å². The van der Waals surface area contributed by atoms with Gasteiger partial charge in [0.05, 0.1) is 24.3 Å². The molecule has 3 aromatic heterocycles. The summed E-state index contributed by atoms with van der Waals surface area (Å²) in [4.78, 5) is 12.6. The molecule has 1 atom stereocenters. The highest BCUT2D eigenvalue weighted by Gasteiger charge is 2.16. The number of pyridine rings is 1. The van der Waals surface area contributed by atoms with Gasteiger partial charge < -0.3 is 9.72 Å². The monoisotopic (exact) mass is 379 g/mol. The Labute approximate surface area is 162 Å². The number of ether oxygens (including phenoxy) is 1. The molecule has 4 aromatic rings. The number of methoxy groups -OCH3 is 1. The fourth-order valence-electron chi connectivity index (χ4n) is 3.02. The lowest BCUT2D eigenvalue weighted by Gasteiger charge is -2.05. The van der Waals surface area contributed by atoms with Crippen molar-refractivity contribution >= 4 is 17.4 Å². The molecule has 0 saturated carbocycles. The zero-order chi connectivity index (χ0) is 19.0. The van der Waals surface area contributed by atoms with Crippen LogP contribution in [-0.2, 0) is 0 Å². The maximum atomic E-state index is 5.21. The second kappa shape index (κ2) is 7.08. The van der Waals surface area contributed by atoms with Crippen molar-refractivity contribution < 1.29 is 4.74 Å². The molecule has 0 aliphatic carbocycles. The van der Waals surface area contributed by atoms with Crippen molar-refractivity contribution in [3.63, 3.8) is 0 Å². The molecule has 138 valence electrons. The Hall–Kier alpha value is -2.80. The predicted octanol–water partition coefficient (Wildman–Crippen LogP) is 4.60. The molecular weight excluding hydrogens is 358 g/mol. The number of thioether (sulfide) groups is 1. The van der Waals surface area contributed by atoms with Crippen LogP contribution in [0.1, 0.15) is 29.3 Å². The summed E-state index contributed by atoms with van der Waals surface area (Å²) < 4.78 is 7.09. The summed E-state index contributed by atoms with van der Waals surface area (Å²) in [6.07, 6.45) is 1.86. The van der Waals surface area contributed by atoms with Crippen LogP contribution >= 0.6 is 11.8 Å². The number of fused-ring (bicyclic) bond motifs is 1. The van der Waals surface area contributed by atoms with Crippen LogP contribution in [0.25, 0.3) is 16.9 Å². The van der Waals surface area contributed by atoms with Crippen molar-refractivity contribution in [1.82, 2.24) is 24.6 Å². The van der Waals surface area contributed by atoms with E-state index in [1.807, 2.05) is 48.0 Å². The zero-order valence-electron chi connectivity index (χ0n) is 15.7. The van der Waals surface area contributed by atoms with Crippen molar-refractivity contribution in [3.05, 3.63) is 59.7 Å². The van der Waals surface area contributed by atoms with Crippen LogP contribution in [0.5, 0.6) is 5.75 Å². The van der Waals surface area contributed by atoms with Gasteiger partial charge >= 0.3 is 0 Å². The average Bonchev–Trinajstić information content (AvgIpc) is 3.29. The zero-order valence-corrected chi connectivity index (χ0v) is 16.5. The van der Waals surface area contributed by atoms with Gasteiger partial charge in [0, 0.05) is 5.69 Å². The molecule has 7 heteroatoms. The first kappa shape index (κ1) is 17.6. The van der Waals surface area contributed by atoms with E-state index in [-0.39, 0.29) is 5.25 Å². The number of hydrogen-bond acceptors (Lipinski definition) is 5. The van der Waals surface area contributed by atoms with Gasteiger partial charge in [-0.15, -0.1) is 5.10 Å². The van der Waals surface area contributed by atoms with E-state index in [9.17, 15) is 0 Å². The minimum Gasteiger partial charge on any atom is -0.497 e. The fourth-order valence-corrected chi connectivity index (χ4v) is 3.84. The Morgan fingerprint density at radius 3 is 2.67 bits per heavy atom. The maximum Gasteiger partial charge on any atom is 0.210 e. The second-order valence-corrected chi connectivity index (χ2v) is 7.82. The van der Waals surface area contributed by atoms with E-state index < -0.39 is 0 Å². The summed E-state index contributed by atoms with van der Waals surface area (Å²) in [6.45, 7) is 6.21. The molecule has 0 fully saturated rings. The highest BCUT2D eigenvalue weighted by molar-refractivity contribution is 7.99. The van der Waals surface area contributed by atoms with Crippen LogP contribution in [0, 0.1) is 13.8 Å². The number of H-pyrrole nitrogens is 1. The van der Waals surface area contributed by atoms with Crippen LogP contribution in [0.15, 0.2) is 47.8 Å². The molecule has 27 heavy (non-hydrogen) atoms. The van der Waals surface area contributed by atoms with Crippen molar-refractivity contribution in [3.8, 4) is 17.0 Å². The van der Waals surface area contributed by atoms with Crippen LogP contribution in [0.4, 0.5) is 0 Å². The maximum absolute atomic E-state index is 5.21. The minimum absolute atomic E-state index is 0.107. The van der Waals surface area contributed by atoms with Crippen LogP contribution < -0.4 is 4.74 Å². The molecule has 0 spiro atoms. The largest absolute Gasteiger partial charge is 0.497 e. The van der Waals surface area contributed by atoms with E-state index >= 15 is 0 Å². The molecule has 0 amide bonds. The second-order valence-electron chi connectivity index (χ2n) is 6.51. The number of aryl methyl sites for hydroxylation is 2. The molecule has 0 saturated heterocycles. The van der Waals surface area contributed by atoms with Gasteiger partial charge in [-0.1, -0.05) is 11.8 Å². The molecule has 3 heterocycles. The average molecular weight is 379 g/mol. The summed E-state index contributed by atoms with van der Waals surface area (Å²) in [5, 5.41) is 5.47. The van der Waals surface area contributed by atoms with Crippen LogP contribution in [0.2, 0.25) is 0 Å². The lowest BCUT2D eigenvalue weighted by atomic mass is 10.2. The van der Waals surface area contributed by atoms with Gasteiger partial charge in [-0.2, -0.15) is 0 Å². The number of aromatic nitrogens is 5. The van der Waals surface area contributed by atoms with Gasteiger partial charge in [0.15, 0.2) is 5.65 Å². The summed E-state index contributed by atoms with van der Waals surface area (Å²) in [5.74, 6) is 1.74. The van der Waals surface area contributed by atoms with Gasteiger partial charge in [-0.05, 0) is 68.3 Å². The van der Waals surface area contributed by atoms with Crippen LogP contribution in [0.3, 0.4) is 0 Å². The lowest BCUT2D eigenvalue weighted by molar-refractivity contribution is 0.415. The molecule has 0 aliphatic rings. The van der Waals surface area contributed by atoms with E-state index in [2.05, 4.69) is 40.0 Å². The summed E-state index contributed by atoms with van der Waals surface area (Å²) in [7, 11) is 1.67. The number of nitrogens with zero attached hydrogens (tertiary/aromatic N) is 4. The van der Waals surface area contributed by atoms with Crippen molar-refractivity contribution in [2.75, 3.05) is 7.11 Å². The highest BCUT2D eigenvalue weighted by Crippen LogP contribution is 2.33. The summed E-state index contributed by atoms with van der Waals surface area (Å²) >= 11 is 1.59. The number of rotatable bonds is 5. The third-order valence-electron chi connectivity index (χ3n) is 4.40. The third kappa shape index (κ3) is 3.55. The Bertz CT molecular complexity index is 1080. The SMILES string of the molecule is COc1ccc(-c2cnc(C(C)Sc3nc4cc(C)cc(C)n4n3)[nH]2)cc1. The number of hydrogen-bond donors (Lipinski definition) is 1. The number of benzene rings is 1. The van der Waals surface area contributed by atoms with Crippen molar-refractivity contribution in [2.45, 2.75) is 31.2 Å². The predicted molar refractivity (Wildman–Crippen MR) is 107 cm³/mol. The van der Waals surface area contributed by atoms with Gasteiger partial charge in [0.25, 0.3) is 0 Å². The van der Waals surface area contributed by atoms with Crippen molar-refractivity contribution in [2.24, 2.45) is 0 Å². The van der Waals surface area contributed by atoms with E-state index in [0.717, 1.165) is 39.3 Å². The van der Waals surface area contributed by atoms with Gasteiger partial charge in [-0.3, -0.25) is 0 Å². The number of aromatic amines is 1. The van der Waals surface area contributed by atoms with E-state index in [0.29, 0.717) is 0 Å². The molecule has 1 N–H and O–H groups in total. The summed E-state index contributed by atoms with van der Waals surface area (Å²) in [5.41, 5.74) is 5.20. The first-order chi connectivity index (χ1) is 13.0. The van der Waals surface area contributed by atoms with Gasteiger partial charge in [-0.25, -0.2) is 14.5 Å². The van der Waals surface area contributed by atoms with Crippen LogP contribution in [-0.4, -0.2) is 31.7 Å². The molecule has 4 rings (SSSR count). The number of imidazole rings is 1. The van der Waals surface area contributed by atoms with Gasteiger partial charge in [0.2, 0.25) is 5.16 Å². The van der Waals surface area contributed by atoms with E-state index in [1.165, 1.54) is 5.56 Å². The van der Waals surface area contributed by atoms with Crippen molar-refractivity contribution in [1.29, 1.82) is 0 Å².